The normalized spacial score (nSPS) is 15.0. The molecule has 2 heterocycles. The van der Waals surface area contributed by atoms with Crippen molar-refractivity contribution >= 4 is 17.4 Å². The van der Waals surface area contributed by atoms with E-state index in [2.05, 4.69) is 5.10 Å². The number of nitrogens with zero attached hydrogens (tertiary/aromatic N) is 4. The minimum atomic E-state index is -0.00764. The maximum absolute atomic E-state index is 12.5. The molecule has 1 fully saturated rings. The number of nitrogens with two attached hydrogens (primary N) is 1. The molecule has 3 rings (SSSR count). The van der Waals surface area contributed by atoms with Crippen LogP contribution in [0.2, 0.25) is 0 Å². The third kappa shape index (κ3) is 2.44. The third-order valence-corrected chi connectivity index (χ3v) is 3.77. The molecule has 6 heteroatoms. The molecule has 1 aliphatic heterocycles. The molecule has 110 valence electrons. The first-order chi connectivity index (χ1) is 10.1. The lowest BCUT2D eigenvalue weighted by atomic mass is 10.2. The van der Waals surface area contributed by atoms with Crippen molar-refractivity contribution in [1.29, 1.82) is 0 Å². The first-order valence-electron chi connectivity index (χ1n) is 6.96. The molecular weight excluding hydrogens is 266 g/mol. The zero-order valence-electron chi connectivity index (χ0n) is 12.3. The molecular formula is C15H19N5O. The van der Waals surface area contributed by atoms with Crippen LogP contribution in [0.3, 0.4) is 0 Å². The van der Waals surface area contributed by atoms with Gasteiger partial charge in [-0.2, -0.15) is 5.10 Å². The number of urea groups is 1. The van der Waals surface area contributed by atoms with Crippen LogP contribution < -0.4 is 10.6 Å². The smallest absolute Gasteiger partial charge is 0.325 e. The number of benzene rings is 1. The first-order valence-corrected chi connectivity index (χ1v) is 6.96. The fraction of sp³-hybridized carbons (Fsp3) is 0.333. The number of anilines is 2. The minimum Gasteiger partial charge on any atom is -0.397 e. The van der Waals surface area contributed by atoms with E-state index in [0.717, 1.165) is 17.1 Å². The van der Waals surface area contributed by atoms with Crippen LogP contribution in [0.5, 0.6) is 0 Å². The number of aryl methyl sites for hydroxylation is 2. The Balaban J connectivity index is 1.78. The highest BCUT2D eigenvalue weighted by molar-refractivity contribution is 5.96. The van der Waals surface area contributed by atoms with Crippen LogP contribution >= 0.6 is 0 Å². The lowest BCUT2D eigenvalue weighted by Gasteiger charge is -2.19. The number of hydrogen-bond acceptors (Lipinski definition) is 3. The van der Waals surface area contributed by atoms with Crippen molar-refractivity contribution < 1.29 is 4.79 Å². The second kappa shape index (κ2) is 5.12. The third-order valence-electron chi connectivity index (χ3n) is 3.77. The lowest BCUT2D eigenvalue weighted by molar-refractivity contribution is 0.217. The Labute approximate surface area is 123 Å². The summed E-state index contributed by atoms with van der Waals surface area (Å²) in [5.74, 6) is 0. The summed E-state index contributed by atoms with van der Waals surface area (Å²) in [7, 11) is 1.90. The summed E-state index contributed by atoms with van der Waals surface area (Å²) in [5.41, 5.74) is 9.37. The molecule has 0 radical (unpaired) electrons. The molecule has 0 atom stereocenters. The Kier molecular flexibility index (Phi) is 3.29. The van der Waals surface area contributed by atoms with Crippen molar-refractivity contribution in [2.75, 3.05) is 23.7 Å². The zero-order chi connectivity index (χ0) is 15.0. The van der Waals surface area contributed by atoms with E-state index >= 15 is 0 Å². The highest BCUT2D eigenvalue weighted by Gasteiger charge is 2.30. The fourth-order valence-corrected chi connectivity index (χ4v) is 2.69. The Bertz CT molecular complexity index is 678. The molecule has 1 saturated heterocycles. The van der Waals surface area contributed by atoms with E-state index in [-0.39, 0.29) is 6.03 Å². The Morgan fingerprint density at radius 1 is 1.29 bits per heavy atom. The summed E-state index contributed by atoms with van der Waals surface area (Å²) in [5, 5.41) is 4.31. The Morgan fingerprint density at radius 3 is 2.71 bits per heavy atom. The van der Waals surface area contributed by atoms with Gasteiger partial charge >= 0.3 is 6.03 Å². The van der Waals surface area contributed by atoms with Crippen LogP contribution in [-0.2, 0) is 13.6 Å². The van der Waals surface area contributed by atoms with Crippen molar-refractivity contribution in [2.45, 2.75) is 13.5 Å². The average molecular weight is 285 g/mol. The van der Waals surface area contributed by atoms with Crippen LogP contribution in [-0.4, -0.2) is 33.8 Å². The molecule has 0 aliphatic carbocycles. The lowest BCUT2D eigenvalue weighted by Crippen LogP contribution is -2.32. The monoisotopic (exact) mass is 285 g/mol. The summed E-state index contributed by atoms with van der Waals surface area (Å²) in [6, 6.07) is 9.46. The van der Waals surface area contributed by atoms with E-state index in [1.54, 1.807) is 4.90 Å². The molecule has 2 amide bonds. The van der Waals surface area contributed by atoms with Crippen molar-refractivity contribution in [2.24, 2.45) is 7.05 Å². The average Bonchev–Trinajstić information content (AvgIpc) is 2.95. The van der Waals surface area contributed by atoms with Gasteiger partial charge in [-0.1, -0.05) is 12.1 Å². The quantitative estimate of drug-likeness (QED) is 0.874. The number of carbonyl (C=O) groups excluding carboxylic acids is 1. The molecule has 2 N–H and O–H groups in total. The van der Waals surface area contributed by atoms with Gasteiger partial charge in [0.2, 0.25) is 0 Å². The van der Waals surface area contributed by atoms with Gasteiger partial charge in [0, 0.05) is 20.1 Å². The zero-order valence-corrected chi connectivity index (χ0v) is 12.3. The topological polar surface area (TPSA) is 67.4 Å². The molecule has 21 heavy (non-hydrogen) atoms. The van der Waals surface area contributed by atoms with Gasteiger partial charge in [-0.05, 0) is 25.1 Å². The molecule has 2 aromatic rings. The van der Waals surface area contributed by atoms with Gasteiger partial charge in [0.1, 0.15) is 0 Å². The molecule has 1 aromatic carbocycles. The SMILES string of the molecule is Cc1cc(CN2CCN(c3ccccc3N)C2=O)n(C)n1. The Hall–Kier alpha value is -2.50. The van der Waals surface area contributed by atoms with E-state index in [9.17, 15) is 4.79 Å². The van der Waals surface area contributed by atoms with E-state index in [1.165, 1.54) is 0 Å². The minimum absolute atomic E-state index is 0.00764. The van der Waals surface area contributed by atoms with Crippen molar-refractivity contribution in [3.63, 3.8) is 0 Å². The van der Waals surface area contributed by atoms with Crippen molar-refractivity contribution in [1.82, 2.24) is 14.7 Å². The second-order valence-electron chi connectivity index (χ2n) is 5.32. The van der Waals surface area contributed by atoms with Gasteiger partial charge < -0.3 is 10.6 Å². The number of nitrogen functional groups attached to an aromatic ring is 1. The standard InChI is InChI=1S/C15H19N5O/c1-11-9-12(18(2)17-11)10-19-7-8-20(15(19)21)14-6-4-3-5-13(14)16/h3-6,9H,7-8,10,16H2,1-2H3. The van der Waals surface area contributed by atoms with Gasteiger partial charge in [-0.25, -0.2) is 4.79 Å². The number of hydrogen-bond donors (Lipinski definition) is 1. The van der Waals surface area contributed by atoms with Crippen LogP contribution in [0.4, 0.5) is 16.2 Å². The molecule has 0 unspecified atom stereocenters. The summed E-state index contributed by atoms with van der Waals surface area (Å²) in [6.07, 6.45) is 0. The van der Waals surface area contributed by atoms with Crippen LogP contribution in [0.25, 0.3) is 0 Å². The van der Waals surface area contributed by atoms with Gasteiger partial charge in [0.05, 0.1) is 29.3 Å². The van der Waals surface area contributed by atoms with Gasteiger partial charge in [-0.15, -0.1) is 0 Å². The summed E-state index contributed by atoms with van der Waals surface area (Å²) >= 11 is 0. The van der Waals surface area contributed by atoms with Gasteiger partial charge in [0.15, 0.2) is 0 Å². The van der Waals surface area contributed by atoms with Gasteiger partial charge in [-0.3, -0.25) is 9.58 Å². The van der Waals surface area contributed by atoms with Crippen molar-refractivity contribution in [3.8, 4) is 0 Å². The highest BCUT2D eigenvalue weighted by Crippen LogP contribution is 2.26. The van der Waals surface area contributed by atoms with E-state index in [1.807, 2.05) is 53.9 Å². The van der Waals surface area contributed by atoms with E-state index in [0.29, 0.717) is 25.3 Å². The number of carbonyl (C=O) groups is 1. The number of rotatable bonds is 3. The predicted molar refractivity (Wildman–Crippen MR) is 82.0 cm³/mol. The maximum atomic E-state index is 12.5. The number of amides is 2. The van der Waals surface area contributed by atoms with E-state index < -0.39 is 0 Å². The molecule has 6 nitrogen and oxygen atoms in total. The number of aromatic nitrogens is 2. The largest absolute Gasteiger partial charge is 0.397 e. The number of para-hydroxylation sites is 2. The highest BCUT2D eigenvalue weighted by atomic mass is 16.2. The maximum Gasteiger partial charge on any atom is 0.325 e. The van der Waals surface area contributed by atoms with Crippen LogP contribution in [0.15, 0.2) is 30.3 Å². The Morgan fingerprint density at radius 2 is 2.05 bits per heavy atom. The van der Waals surface area contributed by atoms with Crippen molar-refractivity contribution in [3.05, 3.63) is 41.7 Å². The fourth-order valence-electron chi connectivity index (χ4n) is 2.69. The molecule has 1 aromatic heterocycles. The van der Waals surface area contributed by atoms with Crippen LogP contribution in [0, 0.1) is 6.92 Å². The summed E-state index contributed by atoms with van der Waals surface area (Å²) < 4.78 is 1.82. The molecule has 0 bridgehead atoms. The summed E-state index contributed by atoms with van der Waals surface area (Å²) in [6.45, 7) is 3.87. The summed E-state index contributed by atoms with van der Waals surface area (Å²) in [4.78, 5) is 16.1. The first kappa shape index (κ1) is 13.5. The van der Waals surface area contributed by atoms with Crippen LogP contribution in [0.1, 0.15) is 11.4 Å². The molecule has 0 spiro atoms. The van der Waals surface area contributed by atoms with Gasteiger partial charge in [0.25, 0.3) is 0 Å². The van der Waals surface area contributed by atoms with E-state index in [4.69, 9.17) is 5.73 Å². The molecule has 0 saturated carbocycles. The molecule has 1 aliphatic rings. The second-order valence-corrected chi connectivity index (χ2v) is 5.32. The predicted octanol–water partition coefficient (Wildman–Crippen LogP) is 1.75.